The van der Waals surface area contributed by atoms with Gasteiger partial charge in [0.15, 0.2) is 0 Å². The molecule has 14 heavy (non-hydrogen) atoms. The van der Waals surface area contributed by atoms with Crippen molar-refractivity contribution in [3.63, 3.8) is 0 Å². The molecular formula is C11H22N2O. The normalized spacial score (nSPS) is 19.7. The average molecular weight is 198 g/mol. The second-order valence-corrected chi connectivity index (χ2v) is 3.84. The third-order valence-corrected chi connectivity index (χ3v) is 2.61. The van der Waals surface area contributed by atoms with Crippen molar-refractivity contribution < 1.29 is 4.74 Å². The van der Waals surface area contributed by atoms with Gasteiger partial charge in [0, 0.05) is 20.1 Å². The van der Waals surface area contributed by atoms with Crippen molar-refractivity contribution in [2.24, 2.45) is 4.99 Å². The van der Waals surface area contributed by atoms with Crippen molar-refractivity contribution in [2.75, 3.05) is 20.3 Å². The van der Waals surface area contributed by atoms with E-state index in [4.69, 9.17) is 4.74 Å². The predicted octanol–water partition coefficient (Wildman–Crippen LogP) is 1.97. The molecule has 3 heteroatoms. The van der Waals surface area contributed by atoms with E-state index in [0.29, 0.717) is 6.04 Å². The summed E-state index contributed by atoms with van der Waals surface area (Å²) in [6.07, 6.45) is 6.03. The van der Waals surface area contributed by atoms with E-state index in [2.05, 4.69) is 17.2 Å². The Balaban J connectivity index is 2.35. The molecule has 0 saturated heterocycles. The van der Waals surface area contributed by atoms with Gasteiger partial charge in [-0.3, -0.25) is 4.99 Å². The lowest BCUT2D eigenvalue weighted by atomic mass is 10.2. The number of hydrogen-bond acceptors (Lipinski definition) is 3. The van der Waals surface area contributed by atoms with Gasteiger partial charge in [0.25, 0.3) is 0 Å². The molecule has 0 aromatic rings. The van der Waals surface area contributed by atoms with Crippen molar-refractivity contribution in [3.8, 4) is 0 Å². The Hall–Kier alpha value is -0.570. The largest absolute Gasteiger partial charge is 0.383 e. The Morgan fingerprint density at radius 2 is 2.29 bits per heavy atom. The molecule has 1 unspecified atom stereocenters. The summed E-state index contributed by atoms with van der Waals surface area (Å²) in [4.78, 5) is 4.54. The molecule has 0 aromatic heterocycles. The van der Waals surface area contributed by atoms with Crippen LogP contribution in [0.5, 0.6) is 0 Å². The van der Waals surface area contributed by atoms with Gasteiger partial charge in [-0.05, 0) is 19.3 Å². The van der Waals surface area contributed by atoms with E-state index in [0.717, 1.165) is 26.0 Å². The summed E-state index contributed by atoms with van der Waals surface area (Å²) in [7, 11) is 1.75. The van der Waals surface area contributed by atoms with E-state index in [1.54, 1.807) is 7.11 Å². The monoisotopic (exact) mass is 198 g/mol. The fourth-order valence-electron chi connectivity index (χ4n) is 1.69. The first-order valence-corrected chi connectivity index (χ1v) is 5.65. The third-order valence-electron chi connectivity index (χ3n) is 2.61. The van der Waals surface area contributed by atoms with Gasteiger partial charge in [0.05, 0.1) is 18.5 Å². The molecule has 3 nitrogen and oxygen atoms in total. The van der Waals surface area contributed by atoms with E-state index in [1.165, 1.54) is 25.1 Å². The Morgan fingerprint density at radius 1 is 1.43 bits per heavy atom. The van der Waals surface area contributed by atoms with Crippen LogP contribution in [0.25, 0.3) is 0 Å². The third kappa shape index (κ3) is 4.09. The minimum absolute atomic E-state index is 0.428. The molecule has 0 amide bonds. The van der Waals surface area contributed by atoms with Crippen LogP contribution >= 0.6 is 0 Å². The number of aliphatic imine (C=N–C) groups is 1. The summed E-state index contributed by atoms with van der Waals surface area (Å²) >= 11 is 0. The van der Waals surface area contributed by atoms with Gasteiger partial charge in [0.2, 0.25) is 0 Å². The maximum atomic E-state index is 5.15. The van der Waals surface area contributed by atoms with Gasteiger partial charge in [0.1, 0.15) is 0 Å². The lowest BCUT2D eigenvalue weighted by molar-refractivity contribution is 0.172. The Labute approximate surface area is 86.9 Å². The number of ether oxygens (including phenoxy) is 1. The molecule has 1 N–H and O–H groups in total. The number of nitrogens with one attached hydrogen (secondary N) is 1. The summed E-state index contributed by atoms with van der Waals surface area (Å²) < 4.78 is 5.15. The SMILES string of the molecule is CCC(COC)NC1=NCCCCC1. The first kappa shape index (κ1) is 11.5. The maximum absolute atomic E-state index is 5.15. The molecule has 0 radical (unpaired) electrons. The minimum atomic E-state index is 0.428. The maximum Gasteiger partial charge on any atom is 0.0965 e. The number of hydrogen-bond donors (Lipinski definition) is 1. The number of rotatable bonds is 4. The number of nitrogens with zero attached hydrogens (tertiary/aromatic N) is 1. The summed E-state index contributed by atoms with van der Waals surface area (Å²) in [6.45, 7) is 3.94. The molecule has 0 spiro atoms. The molecule has 0 saturated carbocycles. The van der Waals surface area contributed by atoms with Crippen LogP contribution in [0.3, 0.4) is 0 Å². The van der Waals surface area contributed by atoms with Crippen LogP contribution in [0, 0.1) is 0 Å². The molecule has 0 aromatic carbocycles. The first-order valence-electron chi connectivity index (χ1n) is 5.65. The first-order chi connectivity index (χ1) is 6.86. The van der Waals surface area contributed by atoms with Gasteiger partial charge in [-0.25, -0.2) is 0 Å². The van der Waals surface area contributed by atoms with Crippen LogP contribution in [-0.2, 0) is 4.74 Å². The zero-order chi connectivity index (χ0) is 10.2. The van der Waals surface area contributed by atoms with Gasteiger partial charge in [-0.1, -0.05) is 13.3 Å². The molecule has 82 valence electrons. The molecule has 1 aliphatic heterocycles. The van der Waals surface area contributed by atoms with Gasteiger partial charge in [-0.15, -0.1) is 0 Å². The Bertz CT molecular complexity index is 180. The summed E-state index contributed by atoms with van der Waals surface area (Å²) in [5.74, 6) is 1.19. The molecule has 0 bridgehead atoms. The number of methoxy groups -OCH3 is 1. The average Bonchev–Trinajstić information content (AvgIpc) is 2.45. The topological polar surface area (TPSA) is 33.6 Å². The van der Waals surface area contributed by atoms with Crippen molar-refractivity contribution in [3.05, 3.63) is 0 Å². The lowest BCUT2D eigenvalue weighted by Gasteiger charge is -2.18. The smallest absolute Gasteiger partial charge is 0.0965 e. The summed E-state index contributed by atoms with van der Waals surface area (Å²) in [5.41, 5.74) is 0. The second-order valence-electron chi connectivity index (χ2n) is 3.84. The van der Waals surface area contributed by atoms with Crippen molar-refractivity contribution in [2.45, 2.75) is 45.1 Å². The standard InChI is InChI=1S/C11H22N2O/c1-3-10(9-14-2)13-11-7-5-4-6-8-12-11/h10H,3-9H2,1-2H3,(H,12,13). The van der Waals surface area contributed by atoms with Crippen LogP contribution < -0.4 is 5.32 Å². The molecule has 1 rings (SSSR count). The predicted molar refractivity (Wildman–Crippen MR) is 59.9 cm³/mol. The van der Waals surface area contributed by atoms with Crippen molar-refractivity contribution in [1.82, 2.24) is 5.32 Å². The Morgan fingerprint density at radius 3 is 3.00 bits per heavy atom. The van der Waals surface area contributed by atoms with Gasteiger partial charge < -0.3 is 10.1 Å². The summed E-state index contributed by atoms with van der Waals surface area (Å²) in [5, 5.41) is 3.47. The van der Waals surface area contributed by atoms with Crippen molar-refractivity contribution >= 4 is 5.84 Å². The molecule has 1 atom stereocenters. The Kier molecular flexibility index (Phi) is 5.60. The zero-order valence-corrected chi connectivity index (χ0v) is 9.38. The van der Waals surface area contributed by atoms with E-state index in [1.807, 2.05) is 0 Å². The lowest BCUT2D eigenvalue weighted by Crippen LogP contribution is -2.37. The van der Waals surface area contributed by atoms with E-state index >= 15 is 0 Å². The van der Waals surface area contributed by atoms with E-state index in [9.17, 15) is 0 Å². The van der Waals surface area contributed by atoms with Crippen molar-refractivity contribution in [1.29, 1.82) is 0 Å². The zero-order valence-electron chi connectivity index (χ0n) is 9.38. The molecular weight excluding hydrogens is 176 g/mol. The highest BCUT2D eigenvalue weighted by Gasteiger charge is 2.09. The fraction of sp³-hybridized carbons (Fsp3) is 0.909. The molecule has 1 aliphatic rings. The fourth-order valence-corrected chi connectivity index (χ4v) is 1.69. The highest BCUT2D eigenvalue weighted by atomic mass is 16.5. The van der Waals surface area contributed by atoms with Crippen LogP contribution in [-0.4, -0.2) is 32.1 Å². The molecule has 1 heterocycles. The molecule has 0 fully saturated rings. The van der Waals surface area contributed by atoms with Gasteiger partial charge >= 0.3 is 0 Å². The highest BCUT2D eigenvalue weighted by Crippen LogP contribution is 2.07. The van der Waals surface area contributed by atoms with Crippen LogP contribution in [0.1, 0.15) is 39.0 Å². The second kappa shape index (κ2) is 6.82. The van der Waals surface area contributed by atoms with E-state index in [-0.39, 0.29) is 0 Å². The van der Waals surface area contributed by atoms with Crippen LogP contribution in [0.2, 0.25) is 0 Å². The summed E-state index contributed by atoms with van der Waals surface area (Å²) in [6, 6.07) is 0.428. The van der Waals surface area contributed by atoms with Crippen LogP contribution in [0.4, 0.5) is 0 Å². The van der Waals surface area contributed by atoms with Crippen LogP contribution in [0.15, 0.2) is 4.99 Å². The number of amidine groups is 1. The van der Waals surface area contributed by atoms with Gasteiger partial charge in [-0.2, -0.15) is 0 Å². The minimum Gasteiger partial charge on any atom is -0.383 e. The highest BCUT2D eigenvalue weighted by molar-refractivity contribution is 5.82. The van der Waals surface area contributed by atoms with E-state index < -0.39 is 0 Å². The quantitative estimate of drug-likeness (QED) is 0.749. The molecule has 0 aliphatic carbocycles.